The van der Waals surface area contributed by atoms with Gasteiger partial charge in [0.15, 0.2) is 0 Å². The Morgan fingerprint density at radius 1 is 1.29 bits per heavy atom. The number of aromatic nitrogens is 2. The van der Waals surface area contributed by atoms with Gasteiger partial charge < -0.3 is 5.73 Å². The molecule has 0 aliphatic rings. The number of hydrogen-bond donors (Lipinski definition) is 1. The third-order valence-corrected chi connectivity index (χ3v) is 2.79. The van der Waals surface area contributed by atoms with Crippen LogP contribution in [0.1, 0.15) is 22.7 Å². The highest BCUT2D eigenvalue weighted by molar-refractivity contribution is 5.28. The molecule has 0 radical (unpaired) electrons. The lowest BCUT2D eigenvalue weighted by Crippen LogP contribution is -2.14. The Hall–Kier alpha value is -1.81. The van der Waals surface area contributed by atoms with Gasteiger partial charge >= 0.3 is 0 Å². The fourth-order valence-corrected chi connectivity index (χ4v) is 1.73. The fraction of sp³-hybridized carbons (Fsp3) is 0.231. The summed E-state index contributed by atoms with van der Waals surface area (Å²) in [6, 6.07) is 6.39. The first-order valence-electron chi connectivity index (χ1n) is 5.44. The Morgan fingerprint density at radius 3 is 2.82 bits per heavy atom. The van der Waals surface area contributed by atoms with Crippen LogP contribution in [-0.4, -0.2) is 10.2 Å². The second-order valence-corrected chi connectivity index (χ2v) is 4.06. The van der Waals surface area contributed by atoms with Gasteiger partial charge in [0.1, 0.15) is 5.82 Å². The second-order valence-electron chi connectivity index (χ2n) is 4.06. The smallest absolute Gasteiger partial charge is 0.123 e. The minimum atomic E-state index is -0.231. The van der Waals surface area contributed by atoms with Crippen molar-refractivity contribution in [2.45, 2.75) is 19.4 Å². The molecule has 0 aliphatic heterocycles. The average molecular weight is 231 g/mol. The van der Waals surface area contributed by atoms with Crippen molar-refractivity contribution in [1.82, 2.24) is 10.2 Å². The summed E-state index contributed by atoms with van der Waals surface area (Å²) in [4.78, 5) is 0. The van der Waals surface area contributed by atoms with Crippen molar-refractivity contribution in [2.75, 3.05) is 0 Å². The van der Waals surface area contributed by atoms with Gasteiger partial charge in [-0.1, -0.05) is 6.07 Å². The molecular weight excluding hydrogens is 217 g/mol. The predicted molar refractivity (Wildman–Crippen MR) is 63.8 cm³/mol. The highest BCUT2D eigenvalue weighted by Crippen LogP contribution is 2.18. The van der Waals surface area contributed by atoms with E-state index in [4.69, 9.17) is 5.73 Å². The third kappa shape index (κ3) is 2.85. The fourth-order valence-electron chi connectivity index (χ4n) is 1.73. The summed E-state index contributed by atoms with van der Waals surface area (Å²) < 4.78 is 13.1. The van der Waals surface area contributed by atoms with E-state index in [1.807, 2.05) is 13.0 Å². The number of nitrogens with two attached hydrogens (primary N) is 1. The molecule has 17 heavy (non-hydrogen) atoms. The van der Waals surface area contributed by atoms with E-state index in [0.29, 0.717) is 6.42 Å². The molecule has 2 rings (SSSR count). The molecule has 0 saturated heterocycles. The molecule has 3 nitrogen and oxygen atoms in total. The zero-order valence-corrected chi connectivity index (χ0v) is 9.60. The van der Waals surface area contributed by atoms with Crippen molar-refractivity contribution in [3.63, 3.8) is 0 Å². The molecule has 0 bridgehead atoms. The van der Waals surface area contributed by atoms with Crippen LogP contribution in [0.5, 0.6) is 0 Å². The van der Waals surface area contributed by atoms with Crippen molar-refractivity contribution in [3.8, 4) is 0 Å². The maximum Gasteiger partial charge on any atom is 0.123 e. The van der Waals surface area contributed by atoms with Gasteiger partial charge in [0.2, 0.25) is 0 Å². The normalized spacial score (nSPS) is 12.4. The minimum Gasteiger partial charge on any atom is -0.324 e. The highest BCUT2D eigenvalue weighted by Gasteiger charge is 2.09. The van der Waals surface area contributed by atoms with Crippen molar-refractivity contribution in [3.05, 3.63) is 59.2 Å². The zero-order valence-electron chi connectivity index (χ0n) is 9.60. The number of rotatable bonds is 3. The number of benzene rings is 1. The van der Waals surface area contributed by atoms with Crippen LogP contribution >= 0.6 is 0 Å². The molecule has 2 aromatic rings. The molecule has 1 unspecified atom stereocenters. The molecule has 88 valence electrons. The zero-order chi connectivity index (χ0) is 12.3. The lowest BCUT2D eigenvalue weighted by atomic mass is 9.98. The minimum absolute atomic E-state index is 0.189. The van der Waals surface area contributed by atoms with Crippen LogP contribution in [0.3, 0.4) is 0 Å². The van der Waals surface area contributed by atoms with Crippen molar-refractivity contribution < 1.29 is 4.39 Å². The predicted octanol–water partition coefficient (Wildman–Crippen LogP) is 2.17. The Balaban J connectivity index is 2.18. The van der Waals surface area contributed by atoms with Crippen LogP contribution in [-0.2, 0) is 6.42 Å². The topological polar surface area (TPSA) is 51.8 Å². The summed E-state index contributed by atoms with van der Waals surface area (Å²) in [7, 11) is 0. The Bertz CT molecular complexity index is 499. The largest absolute Gasteiger partial charge is 0.324 e. The summed E-state index contributed by atoms with van der Waals surface area (Å²) in [6.07, 6.45) is 3.84. The molecule has 4 heteroatoms. The van der Waals surface area contributed by atoms with Gasteiger partial charge in [-0.3, -0.25) is 0 Å². The first-order chi connectivity index (χ1) is 8.16. The van der Waals surface area contributed by atoms with E-state index in [1.54, 1.807) is 18.5 Å². The molecule has 0 fully saturated rings. The Morgan fingerprint density at radius 2 is 2.12 bits per heavy atom. The number of halogens is 1. The Labute approximate surface area is 99.5 Å². The van der Waals surface area contributed by atoms with E-state index < -0.39 is 0 Å². The summed E-state index contributed by atoms with van der Waals surface area (Å²) in [5.41, 5.74) is 8.93. The average Bonchev–Trinajstić information content (AvgIpc) is 2.35. The molecule has 1 aromatic heterocycles. The van der Waals surface area contributed by atoms with E-state index >= 15 is 0 Å². The quantitative estimate of drug-likeness (QED) is 0.880. The number of nitrogens with zero attached hydrogens (tertiary/aromatic N) is 2. The van der Waals surface area contributed by atoms with Gasteiger partial charge in [-0.15, -0.1) is 0 Å². The second kappa shape index (κ2) is 5.01. The van der Waals surface area contributed by atoms with E-state index in [9.17, 15) is 4.39 Å². The molecule has 2 N–H and O–H groups in total. The molecule has 0 aliphatic carbocycles. The third-order valence-electron chi connectivity index (χ3n) is 2.79. The lowest BCUT2D eigenvalue weighted by Gasteiger charge is -2.13. The van der Waals surface area contributed by atoms with Gasteiger partial charge in [0.25, 0.3) is 0 Å². The van der Waals surface area contributed by atoms with Gasteiger partial charge in [0, 0.05) is 12.2 Å². The molecule has 0 amide bonds. The van der Waals surface area contributed by atoms with Crippen LogP contribution in [0.4, 0.5) is 4.39 Å². The van der Waals surface area contributed by atoms with Crippen LogP contribution in [0.25, 0.3) is 0 Å². The van der Waals surface area contributed by atoms with E-state index in [0.717, 1.165) is 16.7 Å². The number of hydrogen-bond acceptors (Lipinski definition) is 3. The van der Waals surface area contributed by atoms with E-state index in [2.05, 4.69) is 10.2 Å². The summed E-state index contributed by atoms with van der Waals surface area (Å²) in [6.45, 7) is 1.95. The molecule has 1 aromatic carbocycles. The molecule has 0 spiro atoms. The van der Waals surface area contributed by atoms with Crippen molar-refractivity contribution in [2.24, 2.45) is 5.73 Å². The monoisotopic (exact) mass is 231 g/mol. The van der Waals surface area contributed by atoms with Crippen LogP contribution in [0.15, 0.2) is 36.7 Å². The van der Waals surface area contributed by atoms with E-state index in [1.165, 1.54) is 12.1 Å². The first-order valence-corrected chi connectivity index (χ1v) is 5.44. The van der Waals surface area contributed by atoms with E-state index in [-0.39, 0.29) is 11.9 Å². The SMILES string of the molecule is Cc1ccc(F)cc1CC(N)c1ccnnc1. The van der Waals surface area contributed by atoms with Gasteiger partial charge in [-0.25, -0.2) is 4.39 Å². The molecule has 1 heterocycles. The number of aryl methyl sites for hydroxylation is 1. The van der Waals surface area contributed by atoms with Crippen LogP contribution in [0.2, 0.25) is 0 Å². The van der Waals surface area contributed by atoms with Gasteiger partial charge in [0.05, 0.1) is 6.20 Å². The lowest BCUT2D eigenvalue weighted by molar-refractivity contribution is 0.620. The highest BCUT2D eigenvalue weighted by atomic mass is 19.1. The first kappa shape index (κ1) is 11.7. The van der Waals surface area contributed by atoms with Gasteiger partial charge in [-0.2, -0.15) is 10.2 Å². The Kier molecular flexibility index (Phi) is 3.44. The van der Waals surface area contributed by atoms with Crippen molar-refractivity contribution in [1.29, 1.82) is 0 Å². The molecule has 1 atom stereocenters. The molecule has 0 saturated carbocycles. The standard InChI is InChI=1S/C13H14FN3/c1-9-2-3-12(14)6-11(9)7-13(15)10-4-5-16-17-8-10/h2-6,8,13H,7,15H2,1H3. The van der Waals surface area contributed by atoms with Crippen LogP contribution < -0.4 is 5.73 Å². The summed E-state index contributed by atoms with van der Waals surface area (Å²) in [5, 5.41) is 7.48. The summed E-state index contributed by atoms with van der Waals surface area (Å²) >= 11 is 0. The summed E-state index contributed by atoms with van der Waals surface area (Å²) in [5.74, 6) is -0.231. The maximum atomic E-state index is 13.1. The maximum absolute atomic E-state index is 13.1. The van der Waals surface area contributed by atoms with Crippen molar-refractivity contribution >= 4 is 0 Å². The molecular formula is C13H14FN3. The van der Waals surface area contributed by atoms with Gasteiger partial charge in [-0.05, 0) is 48.2 Å². The van der Waals surface area contributed by atoms with Crippen LogP contribution in [0, 0.1) is 12.7 Å².